The summed E-state index contributed by atoms with van der Waals surface area (Å²) in [5, 5.41) is 0.941. The molecule has 0 heterocycles. The minimum absolute atomic E-state index is 0.662. The van der Waals surface area contributed by atoms with Crippen LogP contribution in [0.15, 0.2) is 29.2 Å². The van der Waals surface area contributed by atoms with Crippen molar-refractivity contribution < 1.29 is 4.21 Å². The molecule has 0 aliphatic heterocycles. The van der Waals surface area contributed by atoms with E-state index >= 15 is 0 Å². The molecule has 0 aliphatic carbocycles. The first-order valence-corrected chi connectivity index (χ1v) is 6.56. The normalized spacial score (nSPS) is 12.8. The van der Waals surface area contributed by atoms with Gasteiger partial charge in [-0.2, -0.15) is 0 Å². The van der Waals surface area contributed by atoms with E-state index in [0.717, 1.165) is 11.8 Å². The van der Waals surface area contributed by atoms with E-state index in [1.54, 1.807) is 12.1 Å². The molecule has 12 heavy (non-hydrogen) atoms. The summed E-state index contributed by atoms with van der Waals surface area (Å²) in [6.45, 7) is 0. The highest BCUT2D eigenvalue weighted by atomic mass is 79.9. The van der Waals surface area contributed by atoms with Crippen molar-refractivity contribution in [3.63, 3.8) is 0 Å². The van der Waals surface area contributed by atoms with Gasteiger partial charge in [0, 0.05) is 5.33 Å². The van der Waals surface area contributed by atoms with Crippen molar-refractivity contribution in [3.8, 4) is 0 Å². The minimum atomic E-state index is -1.38. The fourth-order valence-corrected chi connectivity index (χ4v) is 1.99. The lowest BCUT2D eigenvalue weighted by Crippen LogP contribution is -1.86. The van der Waals surface area contributed by atoms with Crippen molar-refractivity contribution in [2.24, 2.45) is 0 Å². The van der Waals surface area contributed by atoms with Gasteiger partial charge in [0.2, 0.25) is 0 Å². The molecule has 0 saturated carbocycles. The monoisotopic (exact) mass is 266 g/mol. The van der Waals surface area contributed by atoms with Gasteiger partial charge < -0.3 is 0 Å². The zero-order chi connectivity index (χ0) is 8.97. The molecule has 0 spiro atoms. The molecular formula is C8H8BrClOS. The van der Waals surface area contributed by atoms with Crippen LogP contribution in [0.25, 0.3) is 0 Å². The zero-order valence-corrected chi connectivity index (χ0v) is 9.45. The van der Waals surface area contributed by atoms with Gasteiger partial charge >= 0.3 is 0 Å². The molecule has 0 saturated heterocycles. The Hall–Kier alpha value is 0.140. The molecule has 0 amide bonds. The zero-order valence-electron chi connectivity index (χ0n) is 6.30. The third-order valence-corrected chi connectivity index (χ3v) is 3.07. The number of aryl methyl sites for hydroxylation is 1. The molecule has 66 valence electrons. The second-order valence-electron chi connectivity index (χ2n) is 2.31. The van der Waals surface area contributed by atoms with E-state index in [1.165, 1.54) is 5.56 Å². The SMILES string of the molecule is O=S(Cl)c1ccc(CCBr)cc1. The molecule has 1 unspecified atom stereocenters. The van der Waals surface area contributed by atoms with Crippen molar-refractivity contribution in [1.82, 2.24) is 0 Å². The molecule has 0 radical (unpaired) electrons. The summed E-state index contributed by atoms with van der Waals surface area (Å²) in [4.78, 5) is 0.662. The van der Waals surface area contributed by atoms with Crippen LogP contribution in [-0.4, -0.2) is 9.54 Å². The summed E-state index contributed by atoms with van der Waals surface area (Å²) in [5.41, 5.74) is 1.22. The number of halogens is 2. The van der Waals surface area contributed by atoms with Gasteiger partial charge in [-0.05, 0) is 34.8 Å². The number of hydrogen-bond acceptors (Lipinski definition) is 1. The van der Waals surface area contributed by atoms with Crippen LogP contribution in [0, 0.1) is 0 Å². The minimum Gasteiger partial charge on any atom is -0.237 e. The van der Waals surface area contributed by atoms with E-state index in [0.29, 0.717) is 4.90 Å². The van der Waals surface area contributed by atoms with Gasteiger partial charge in [-0.15, -0.1) is 0 Å². The summed E-state index contributed by atoms with van der Waals surface area (Å²) >= 11 is 3.35. The molecule has 1 aromatic rings. The van der Waals surface area contributed by atoms with Gasteiger partial charge in [-0.25, -0.2) is 4.21 Å². The summed E-state index contributed by atoms with van der Waals surface area (Å²) in [6, 6.07) is 7.47. The first-order chi connectivity index (χ1) is 5.74. The highest BCUT2D eigenvalue weighted by molar-refractivity contribution is 9.09. The summed E-state index contributed by atoms with van der Waals surface area (Å²) < 4.78 is 10.8. The first-order valence-electron chi connectivity index (χ1n) is 3.47. The molecule has 1 rings (SSSR count). The Morgan fingerprint density at radius 2 is 1.92 bits per heavy atom. The van der Waals surface area contributed by atoms with E-state index in [-0.39, 0.29) is 0 Å². The van der Waals surface area contributed by atoms with Gasteiger partial charge in [0.05, 0.1) is 4.90 Å². The lowest BCUT2D eigenvalue weighted by molar-refractivity contribution is 0.691. The van der Waals surface area contributed by atoms with Crippen molar-refractivity contribution >= 4 is 36.6 Å². The van der Waals surface area contributed by atoms with E-state index in [1.807, 2.05) is 12.1 Å². The molecule has 0 bridgehead atoms. The van der Waals surface area contributed by atoms with Crippen molar-refractivity contribution in [2.45, 2.75) is 11.3 Å². The smallest absolute Gasteiger partial charge is 0.147 e. The topological polar surface area (TPSA) is 17.1 Å². The van der Waals surface area contributed by atoms with Crippen LogP contribution in [0.5, 0.6) is 0 Å². The Morgan fingerprint density at radius 1 is 1.33 bits per heavy atom. The Labute approximate surface area is 87.2 Å². The maximum absolute atomic E-state index is 10.8. The maximum atomic E-state index is 10.8. The lowest BCUT2D eigenvalue weighted by atomic mass is 10.2. The molecule has 1 aromatic carbocycles. The Bertz CT molecular complexity index is 273. The largest absolute Gasteiger partial charge is 0.237 e. The average Bonchev–Trinajstić information content (AvgIpc) is 2.06. The highest BCUT2D eigenvalue weighted by Gasteiger charge is 1.98. The predicted molar refractivity (Wildman–Crippen MR) is 56.2 cm³/mol. The van der Waals surface area contributed by atoms with Crippen LogP contribution in [0.2, 0.25) is 0 Å². The Balaban J connectivity index is 2.78. The van der Waals surface area contributed by atoms with E-state index < -0.39 is 10.0 Å². The second kappa shape index (κ2) is 5.00. The van der Waals surface area contributed by atoms with E-state index in [9.17, 15) is 4.21 Å². The van der Waals surface area contributed by atoms with Crippen molar-refractivity contribution in [1.29, 1.82) is 0 Å². The van der Waals surface area contributed by atoms with Gasteiger partial charge in [-0.1, -0.05) is 28.1 Å². The van der Waals surface area contributed by atoms with Crippen molar-refractivity contribution in [2.75, 3.05) is 5.33 Å². The fraction of sp³-hybridized carbons (Fsp3) is 0.250. The molecule has 0 N–H and O–H groups in total. The van der Waals surface area contributed by atoms with Crippen LogP contribution < -0.4 is 0 Å². The molecule has 4 heteroatoms. The van der Waals surface area contributed by atoms with Crippen LogP contribution in [-0.2, 0) is 16.4 Å². The molecule has 0 aliphatic rings. The number of benzene rings is 1. The van der Waals surface area contributed by atoms with Gasteiger partial charge in [0.1, 0.15) is 10.0 Å². The van der Waals surface area contributed by atoms with Gasteiger partial charge in [-0.3, -0.25) is 0 Å². The molecule has 0 aromatic heterocycles. The first kappa shape index (κ1) is 10.2. The van der Waals surface area contributed by atoms with Gasteiger partial charge in [0.25, 0.3) is 0 Å². The molecule has 0 fully saturated rings. The van der Waals surface area contributed by atoms with Crippen LogP contribution >= 0.6 is 26.6 Å². The third-order valence-electron chi connectivity index (χ3n) is 1.49. The molecule has 1 nitrogen and oxygen atoms in total. The summed E-state index contributed by atoms with van der Waals surface area (Å²) in [6.07, 6.45) is 0.981. The third kappa shape index (κ3) is 2.88. The number of rotatable bonds is 3. The summed E-state index contributed by atoms with van der Waals surface area (Å²) in [5.74, 6) is 0. The van der Waals surface area contributed by atoms with Gasteiger partial charge in [0.15, 0.2) is 0 Å². The average molecular weight is 268 g/mol. The molecular weight excluding hydrogens is 260 g/mol. The fourth-order valence-electron chi connectivity index (χ4n) is 0.872. The molecule has 1 atom stereocenters. The number of hydrogen-bond donors (Lipinski definition) is 0. The lowest BCUT2D eigenvalue weighted by Gasteiger charge is -1.97. The summed E-state index contributed by atoms with van der Waals surface area (Å²) in [7, 11) is 4.01. The Morgan fingerprint density at radius 3 is 2.33 bits per heavy atom. The quantitative estimate of drug-likeness (QED) is 0.608. The van der Waals surface area contributed by atoms with E-state index in [4.69, 9.17) is 10.7 Å². The highest BCUT2D eigenvalue weighted by Crippen LogP contribution is 2.11. The maximum Gasteiger partial charge on any atom is 0.147 e. The van der Waals surface area contributed by atoms with Crippen LogP contribution in [0.3, 0.4) is 0 Å². The predicted octanol–water partition coefficient (Wildman–Crippen LogP) is 2.89. The van der Waals surface area contributed by atoms with Crippen molar-refractivity contribution in [3.05, 3.63) is 29.8 Å². The second-order valence-corrected chi connectivity index (χ2v) is 4.86. The van der Waals surface area contributed by atoms with Crippen LogP contribution in [0.4, 0.5) is 0 Å². The number of alkyl halides is 1. The van der Waals surface area contributed by atoms with E-state index in [2.05, 4.69) is 15.9 Å². The Kier molecular flexibility index (Phi) is 4.26. The standard InChI is InChI=1S/C8H8BrClOS/c9-6-5-7-1-3-8(4-2-7)12(10)11/h1-4H,5-6H2. The van der Waals surface area contributed by atoms with Crippen LogP contribution in [0.1, 0.15) is 5.56 Å².